The molecule has 0 saturated carbocycles. The lowest BCUT2D eigenvalue weighted by Gasteiger charge is -2.03. The van der Waals surface area contributed by atoms with Crippen molar-refractivity contribution in [2.45, 2.75) is 19.8 Å². The SMILES string of the molecule is CC(C)c1cnc(-n2cnnn2)cn1. The molecule has 0 bridgehead atoms. The van der Waals surface area contributed by atoms with E-state index < -0.39 is 0 Å². The first-order valence-corrected chi connectivity index (χ1v) is 4.32. The van der Waals surface area contributed by atoms with Gasteiger partial charge < -0.3 is 0 Å². The van der Waals surface area contributed by atoms with Crippen molar-refractivity contribution in [1.82, 2.24) is 30.2 Å². The fourth-order valence-corrected chi connectivity index (χ4v) is 1.01. The van der Waals surface area contributed by atoms with Crippen LogP contribution in [0, 0.1) is 0 Å². The quantitative estimate of drug-likeness (QED) is 0.692. The molecule has 0 aliphatic rings. The predicted molar refractivity (Wildman–Crippen MR) is 48.8 cm³/mol. The Balaban J connectivity index is 2.31. The zero-order chi connectivity index (χ0) is 9.97. The monoisotopic (exact) mass is 190 g/mol. The Morgan fingerprint density at radius 1 is 1.21 bits per heavy atom. The molecule has 6 heteroatoms. The first-order chi connectivity index (χ1) is 6.77. The zero-order valence-electron chi connectivity index (χ0n) is 7.99. The van der Waals surface area contributed by atoms with Crippen LogP contribution < -0.4 is 0 Å². The maximum atomic E-state index is 4.26. The van der Waals surface area contributed by atoms with Crippen LogP contribution in [-0.2, 0) is 0 Å². The van der Waals surface area contributed by atoms with Gasteiger partial charge in [0.25, 0.3) is 0 Å². The maximum Gasteiger partial charge on any atom is 0.175 e. The molecule has 2 aromatic rings. The van der Waals surface area contributed by atoms with E-state index >= 15 is 0 Å². The minimum Gasteiger partial charge on any atom is -0.255 e. The van der Waals surface area contributed by atoms with E-state index in [4.69, 9.17) is 0 Å². The number of aromatic nitrogens is 6. The van der Waals surface area contributed by atoms with Gasteiger partial charge in [0.05, 0.1) is 18.1 Å². The van der Waals surface area contributed by atoms with Gasteiger partial charge in [-0.15, -0.1) is 5.10 Å². The Morgan fingerprint density at radius 3 is 2.57 bits per heavy atom. The lowest BCUT2D eigenvalue weighted by Crippen LogP contribution is -2.01. The molecule has 0 spiro atoms. The van der Waals surface area contributed by atoms with Gasteiger partial charge in [0.2, 0.25) is 0 Å². The summed E-state index contributed by atoms with van der Waals surface area (Å²) in [6.45, 7) is 4.14. The van der Waals surface area contributed by atoms with E-state index in [2.05, 4.69) is 39.3 Å². The Morgan fingerprint density at radius 2 is 2.07 bits per heavy atom. The molecule has 14 heavy (non-hydrogen) atoms. The summed E-state index contributed by atoms with van der Waals surface area (Å²) >= 11 is 0. The van der Waals surface area contributed by atoms with Crippen LogP contribution in [0.15, 0.2) is 18.7 Å². The zero-order valence-corrected chi connectivity index (χ0v) is 7.99. The first kappa shape index (κ1) is 8.74. The summed E-state index contributed by atoms with van der Waals surface area (Å²) in [6.07, 6.45) is 4.88. The molecule has 0 aromatic carbocycles. The van der Waals surface area contributed by atoms with Crippen LogP contribution in [0.1, 0.15) is 25.5 Å². The Hall–Kier alpha value is -1.85. The van der Waals surface area contributed by atoms with Crippen molar-refractivity contribution < 1.29 is 0 Å². The van der Waals surface area contributed by atoms with Gasteiger partial charge in [-0.1, -0.05) is 13.8 Å². The molecule has 72 valence electrons. The third kappa shape index (κ3) is 1.59. The van der Waals surface area contributed by atoms with Crippen molar-refractivity contribution >= 4 is 0 Å². The summed E-state index contributed by atoms with van der Waals surface area (Å²) in [4.78, 5) is 8.46. The Labute approximate surface area is 81.0 Å². The van der Waals surface area contributed by atoms with E-state index in [-0.39, 0.29) is 0 Å². The second kappa shape index (κ2) is 3.49. The summed E-state index contributed by atoms with van der Waals surface area (Å²) in [7, 11) is 0. The summed E-state index contributed by atoms with van der Waals surface area (Å²) in [6, 6.07) is 0. The van der Waals surface area contributed by atoms with Crippen molar-refractivity contribution in [3.8, 4) is 5.82 Å². The molecule has 0 atom stereocenters. The van der Waals surface area contributed by atoms with E-state index in [0.29, 0.717) is 11.7 Å². The maximum absolute atomic E-state index is 4.26. The van der Waals surface area contributed by atoms with Crippen molar-refractivity contribution in [2.24, 2.45) is 0 Å². The molecule has 0 aliphatic carbocycles. The van der Waals surface area contributed by atoms with Crippen LogP contribution in [-0.4, -0.2) is 30.2 Å². The molecule has 6 nitrogen and oxygen atoms in total. The predicted octanol–water partition coefficient (Wildman–Crippen LogP) is 0.576. The molecule has 2 rings (SSSR count). The molecule has 2 heterocycles. The molecule has 0 N–H and O–H groups in total. The average Bonchev–Trinajstić information content (AvgIpc) is 2.71. The highest BCUT2D eigenvalue weighted by Gasteiger charge is 2.03. The second-order valence-electron chi connectivity index (χ2n) is 3.21. The van der Waals surface area contributed by atoms with Crippen LogP contribution in [0.4, 0.5) is 0 Å². The minimum atomic E-state index is 0.380. The summed E-state index contributed by atoms with van der Waals surface area (Å²) < 4.78 is 1.47. The van der Waals surface area contributed by atoms with Gasteiger partial charge in [0.15, 0.2) is 5.82 Å². The molecule has 0 radical (unpaired) electrons. The van der Waals surface area contributed by atoms with Gasteiger partial charge in [-0.2, -0.15) is 4.68 Å². The smallest absolute Gasteiger partial charge is 0.175 e. The van der Waals surface area contributed by atoms with E-state index in [9.17, 15) is 0 Å². The summed E-state index contributed by atoms with van der Waals surface area (Å²) in [5.41, 5.74) is 0.960. The fourth-order valence-electron chi connectivity index (χ4n) is 1.01. The number of hydrogen-bond donors (Lipinski definition) is 0. The topological polar surface area (TPSA) is 69.4 Å². The standard InChI is InChI=1S/C8H10N6/c1-6(2)7-3-10-8(4-9-7)14-5-11-12-13-14/h3-6H,1-2H3. The number of rotatable bonds is 2. The van der Waals surface area contributed by atoms with Crippen molar-refractivity contribution in [3.05, 3.63) is 24.4 Å². The van der Waals surface area contributed by atoms with Gasteiger partial charge >= 0.3 is 0 Å². The van der Waals surface area contributed by atoms with Crippen LogP contribution in [0.2, 0.25) is 0 Å². The molecular formula is C8H10N6. The van der Waals surface area contributed by atoms with Crippen LogP contribution in [0.3, 0.4) is 0 Å². The van der Waals surface area contributed by atoms with Gasteiger partial charge in [-0.25, -0.2) is 4.98 Å². The fraction of sp³-hybridized carbons (Fsp3) is 0.375. The van der Waals surface area contributed by atoms with Crippen molar-refractivity contribution in [3.63, 3.8) is 0 Å². The molecule has 0 unspecified atom stereocenters. The van der Waals surface area contributed by atoms with Gasteiger partial charge in [-0.05, 0) is 16.3 Å². The molecule has 0 fully saturated rings. The Bertz CT molecular complexity index is 390. The second-order valence-corrected chi connectivity index (χ2v) is 3.21. The van der Waals surface area contributed by atoms with Crippen LogP contribution in [0.25, 0.3) is 5.82 Å². The lowest BCUT2D eigenvalue weighted by molar-refractivity contribution is 0.751. The summed E-state index contributed by atoms with van der Waals surface area (Å²) in [5, 5.41) is 10.8. The third-order valence-electron chi connectivity index (χ3n) is 1.83. The van der Waals surface area contributed by atoms with Gasteiger partial charge in [0, 0.05) is 0 Å². The number of tetrazole rings is 1. The third-order valence-corrected chi connectivity index (χ3v) is 1.83. The van der Waals surface area contributed by atoms with Crippen molar-refractivity contribution in [1.29, 1.82) is 0 Å². The van der Waals surface area contributed by atoms with E-state index in [1.807, 2.05) is 0 Å². The Kier molecular flexibility index (Phi) is 2.18. The highest BCUT2D eigenvalue weighted by Crippen LogP contribution is 2.09. The van der Waals surface area contributed by atoms with Gasteiger partial charge in [0.1, 0.15) is 6.33 Å². The molecule has 2 aromatic heterocycles. The molecular weight excluding hydrogens is 180 g/mol. The van der Waals surface area contributed by atoms with Crippen LogP contribution in [0.5, 0.6) is 0 Å². The highest BCUT2D eigenvalue weighted by atomic mass is 15.5. The minimum absolute atomic E-state index is 0.380. The summed E-state index contributed by atoms with van der Waals surface area (Å²) in [5.74, 6) is 1.00. The van der Waals surface area contributed by atoms with E-state index in [1.165, 1.54) is 11.0 Å². The average molecular weight is 190 g/mol. The first-order valence-electron chi connectivity index (χ1n) is 4.32. The van der Waals surface area contributed by atoms with E-state index in [1.54, 1.807) is 12.4 Å². The van der Waals surface area contributed by atoms with Crippen molar-refractivity contribution in [2.75, 3.05) is 0 Å². The number of nitrogens with zero attached hydrogens (tertiary/aromatic N) is 6. The largest absolute Gasteiger partial charge is 0.255 e. The molecule has 0 saturated heterocycles. The van der Waals surface area contributed by atoms with Gasteiger partial charge in [-0.3, -0.25) is 4.98 Å². The normalized spacial score (nSPS) is 10.8. The number of hydrogen-bond acceptors (Lipinski definition) is 5. The van der Waals surface area contributed by atoms with E-state index in [0.717, 1.165) is 5.69 Å². The molecule has 0 amide bonds. The highest BCUT2D eigenvalue weighted by molar-refractivity contribution is 5.16. The van der Waals surface area contributed by atoms with Crippen LogP contribution >= 0.6 is 0 Å². The lowest BCUT2D eigenvalue weighted by atomic mass is 10.1. The molecule has 0 aliphatic heterocycles.